The van der Waals surface area contributed by atoms with E-state index in [1.54, 1.807) is 0 Å². The van der Waals surface area contributed by atoms with Gasteiger partial charge in [0.1, 0.15) is 5.82 Å². The van der Waals surface area contributed by atoms with E-state index in [0.717, 1.165) is 12.1 Å². The van der Waals surface area contributed by atoms with Crippen molar-refractivity contribution in [2.75, 3.05) is 6.61 Å². The molecule has 20 heavy (non-hydrogen) atoms. The van der Waals surface area contributed by atoms with Crippen LogP contribution in [0.2, 0.25) is 0 Å². The molecule has 0 bridgehead atoms. The molecule has 0 radical (unpaired) electrons. The molecular weight excluding hydrogens is 337 g/mol. The number of hydrazine groups is 1. The fourth-order valence-corrected chi connectivity index (χ4v) is 2.00. The number of carbonyl (C=O) groups is 1. The molecule has 1 rings (SSSR count). The van der Waals surface area contributed by atoms with Gasteiger partial charge < -0.3 is 4.74 Å². The van der Waals surface area contributed by atoms with Crippen LogP contribution in [-0.4, -0.2) is 17.4 Å². The first kappa shape index (κ1) is 16.3. The standard InChI is InChI=1S/C11H13BrFN3O4/c12-8-5-7(13)6-9(16(18)19)11(8)20-4-2-1-3-10(17)15-14/h5-6H,1-4,14H2,(H,15,17). The number of nitro benzene ring substituents is 1. The van der Waals surface area contributed by atoms with Gasteiger partial charge in [-0.2, -0.15) is 0 Å². The lowest BCUT2D eigenvalue weighted by Gasteiger charge is -2.08. The highest BCUT2D eigenvalue weighted by Gasteiger charge is 2.20. The number of benzene rings is 1. The van der Waals surface area contributed by atoms with Gasteiger partial charge in [0.25, 0.3) is 0 Å². The fraction of sp³-hybridized carbons (Fsp3) is 0.364. The predicted molar refractivity (Wildman–Crippen MR) is 72.4 cm³/mol. The third-order valence-electron chi connectivity index (χ3n) is 2.39. The fourth-order valence-electron chi connectivity index (χ4n) is 1.46. The summed E-state index contributed by atoms with van der Waals surface area (Å²) < 4.78 is 18.5. The second kappa shape index (κ2) is 7.75. The van der Waals surface area contributed by atoms with E-state index in [4.69, 9.17) is 10.6 Å². The van der Waals surface area contributed by atoms with Gasteiger partial charge in [-0.1, -0.05) is 0 Å². The monoisotopic (exact) mass is 349 g/mol. The Morgan fingerprint density at radius 2 is 2.20 bits per heavy atom. The Bertz CT molecular complexity index is 513. The third kappa shape index (κ3) is 4.74. The number of hydrogen-bond donors (Lipinski definition) is 2. The van der Waals surface area contributed by atoms with E-state index in [2.05, 4.69) is 15.9 Å². The van der Waals surface area contributed by atoms with Crippen molar-refractivity contribution in [1.29, 1.82) is 0 Å². The highest BCUT2D eigenvalue weighted by atomic mass is 79.9. The molecule has 110 valence electrons. The van der Waals surface area contributed by atoms with E-state index in [1.165, 1.54) is 0 Å². The lowest BCUT2D eigenvalue weighted by atomic mass is 10.2. The molecule has 0 saturated heterocycles. The molecule has 0 saturated carbocycles. The van der Waals surface area contributed by atoms with Crippen LogP contribution >= 0.6 is 15.9 Å². The average Bonchev–Trinajstić information content (AvgIpc) is 2.39. The zero-order valence-corrected chi connectivity index (χ0v) is 12.0. The van der Waals surface area contributed by atoms with Crippen molar-refractivity contribution in [2.24, 2.45) is 5.84 Å². The van der Waals surface area contributed by atoms with Gasteiger partial charge in [-0.3, -0.25) is 20.3 Å². The van der Waals surface area contributed by atoms with Gasteiger partial charge in [-0.05, 0) is 34.8 Å². The summed E-state index contributed by atoms with van der Waals surface area (Å²) in [5.74, 6) is 3.87. The normalized spacial score (nSPS) is 10.2. The highest BCUT2D eigenvalue weighted by molar-refractivity contribution is 9.10. The van der Waals surface area contributed by atoms with Crippen molar-refractivity contribution in [1.82, 2.24) is 5.43 Å². The lowest BCUT2D eigenvalue weighted by Crippen LogP contribution is -2.29. The van der Waals surface area contributed by atoms with E-state index in [1.807, 2.05) is 5.43 Å². The minimum atomic E-state index is -0.726. The van der Waals surface area contributed by atoms with Gasteiger partial charge in [-0.25, -0.2) is 10.2 Å². The Kier molecular flexibility index (Phi) is 6.32. The molecule has 0 unspecified atom stereocenters. The number of carbonyl (C=O) groups excluding carboxylic acids is 1. The summed E-state index contributed by atoms with van der Waals surface area (Å²) in [6, 6.07) is 1.88. The van der Waals surface area contributed by atoms with Crippen LogP contribution in [0.3, 0.4) is 0 Å². The van der Waals surface area contributed by atoms with Crippen molar-refractivity contribution in [2.45, 2.75) is 19.3 Å². The first-order valence-electron chi connectivity index (χ1n) is 5.71. The molecule has 9 heteroatoms. The van der Waals surface area contributed by atoms with Crippen molar-refractivity contribution < 1.29 is 18.8 Å². The summed E-state index contributed by atoms with van der Waals surface area (Å²) in [6.07, 6.45) is 1.27. The summed E-state index contributed by atoms with van der Waals surface area (Å²) in [5.41, 5.74) is 1.55. The SMILES string of the molecule is NNC(=O)CCCCOc1c(Br)cc(F)cc1[N+](=O)[O-]. The molecule has 0 fully saturated rings. The smallest absolute Gasteiger partial charge is 0.315 e. The predicted octanol–water partition coefficient (Wildman–Crippen LogP) is 2.04. The minimum Gasteiger partial charge on any atom is -0.486 e. The Morgan fingerprint density at radius 1 is 1.50 bits per heavy atom. The number of ether oxygens (including phenoxy) is 1. The minimum absolute atomic E-state index is 0.0281. The number of rotatable bonds is 7. The van der Waals surface area contributed by atoms with Crippen LogP contribution in [0.1, 0.15) is 19.3 Å². The molecule has 1 aromatic carbocycles. The summed E-state index contributed by atoms with van der Waals surface area (Å²) in [4.78, 5) is 21.0. The summed E-state index contributed by atoms with van der Waals surface area (Å²) >= 11 is 3.02. The zero-order chi connectivity index (χ0) is 15.1. The number of halogens is 2. The average molecular weight is 350 g/mol. The van der Waals surface area contributed by atoms with E-state index in [0.29, 0.717) is 12.8 Å². The number of nitrogens with one attached hydrogen (secondary N) is 1. The Hall–Kier alpha value is -1.74. The summed E-state index contributed by atoms with van der Waals surface area (Å²) in [7, 11) is 0. The van der Waals surface area contributed by atoms with Gasteiger partial charge >= 0.3 is 5.69 Å². The second-order valence-corrected chi connectivity index (χ2v) is 4.72. The number of nitrogens with two attached hydrogens (primary N) is 1. The molecule has 3 N–H and O–H groups in total. The van der Waals surface area contributed by atoms with Gasteiger partial charge in [0.15, 0.2) is 0 Å². The maximum absolute atomic E-state index is 13.1. The van der Waals surface area contributed by atoms with Crippen molar-refractivity contribution in [3.8, 4) is 5.75 Å². The molecular formula is C11H13BrFN3O4. The maximum Gasteiger partial charge on any atom is 0.315 e. The Balaban J connectivity index is 2.59. The molecule has 7 nitrogen and oxygen atoms in total. The van der Waals surface area contributed by atoms with Crippen LogP contribution in [0.4, 0.5) is 10.1 Å². The van der Waals surface area contributed by atoms with E-state index in [-0.39, 0.29) is 29.2 Å². The number of nitro groups is 1. The van der Waals surface area contributed by atoms with Crippen molar-refractivity contribution >= 4 is 27.5 Å². The van der Waals surface area contributed by atoms with Crippen LogP contribution in [0.5, 0.6) is 5.75 Å². The topological polar surface area (TPSA) is 107 Å². The number of hydrogen-bond acceptors (Lipinski definition) is 5. The molecule has 0 aromatic heterocycles. The van der Waals surface area contributed by atoms with Gasteiger partial charge in [0, 0.05) is 6.42 Å². The Morgan fingerprint density at radius 3 is 2.80 bits per heavy atom. The Labute approximate surface area is 122 Å². The van der Waals surface area contributed by atoms with Crippen LogP contribution in [0.15, 0.2) is 16.6 Å². The van der Waals surface area contributed by atoms with Crippen molar-refractivity contribution in [3.63, 3.8) is 0 Å². The van der Waals surface area contributed by atoms with Crippen LogP contribution in [0.25, 0.3) is 0 Å². The number of unbranched alkanes of at least 4 members (excludes halogenated alkanes) is 1. The quantitative estimate of drug-likeness (QED) is 0.257. The maximum atomic E-state index is 13.1. The highest BCUT2D eigenvalue weighted by Crippen LogP contribution is 2.36. The number of nitrogens with zero attached hydrogens (tertiary/aromatic N) is 1. The molecule has 0 aliphatic carbocycles. The lowest BCUT2D eigenvalue weighted by molar-refractivity contribution is -0.386. The summed E-state index contributed by atoms with van der Waals surface area (Å²) in [5, 5.41) is 10.8. The van der Waals surface area contributed by atoms with Gasteiger partial charge in [-0.15, -0.1) is 0 Å². The number of amides is 1. The molecule has 0 spiro atoms. The molecule has 0 aliphatic rings. The molecule has 0 aliphatic heterocycles. The van der Waals surface area contributed by atoms with Gasteiger partial charge in [0.2, 0.25) is 11.7 Å². The van der Waals surface area contributed by atoms with Gasteiger partial charge in [0.05, 0.1) is 22.1 Å². The zero-order valence-electron chi connectivity index (χ0n) is 10.4. The first-order valence-corrected chi connectivity index (χ1v) is 6.50. The van der Waals surface area contributed by atoms with Crippen LogP contribution < -0.4 is 16.0 Å². The second-order valence-electron chi connectivity index (χ2n) is 3.87. The first-order chi connectivity index (χ1) is 9.45. The van der Waals surface area contributed by atoms with E-state index in [9.17, 15) is 19.3 Å². The third-order valence-corrected chi connectivity index (χ3v) is 2.98. The molecule has 0 atom stereocenters. The van der Waals surface area contributed by atoms with Crippen molar-refractivity contribution in [3.05, 3.63) is 32.5 Å². The van der Waals surface area contributed by atoms with E-state index < -0.39 is 16.4 Å². The van der Waals surface area contributed by atoms with E-state index >= 15 is 0 Å². The molecule has 1 amide bonds. The van der Waals surface area contributed by atoms with Crippen LogP contribution in [0, 0.1) is 15.9 Å². The molecule has 1 aromatic rings. The summed E-state index contributed by atoms with van der Waals surface area (Å²) in [6.45, 7) is 0.170. The largest absolute Gasteiger partial charge is 0.486 e. The molecule has 0 heterocycles. The van der Waals surface area contributed by atoms with Crippen LogP contribution in [-0.2, 0) is 4.79 Å².